The quantitative estimate of drug-likeness (QED) is 0.878. The molecule has 1 fully saturated rings. The van der Waals surface area contributed by atoms with Crippen molar-refractivity contribution in [3.05, 3.63) is 11.6 Å². The fourth-order valence-electron chi connectivity index (χ4n) is 3.02. The molecule has 2 aliphatic rings. The molecule has 0 amide bonds. The van der Waals surface area contributed by atoms with E-state index in [1.807, 2.05) is 0 Å². The lowest BCUT2D eigenvalue weighted by molar-refractivity contribution is 0.0150. The number of aliphatic hydroxyl groups excluding tert-OH is 1. The fraction of sp³-hybridized carbons (Fsp3) is 0.846. The van der Waals surface area contributed by atoms with Crippen LogP contribution >= 0.6 is 0 Å². The van der Waals surface area contributed by atoms with Gasteiger partial charge in [0.25, 0.3) is 0 Å². The van der Waals surface area contributed by atoms with Gasteiger partial charge in [0.1, 0.15) is 11.6 Å². The molecule has 0 radical (unpaired) electrons. The van der Waals surface area contributed by atoms with Gasteiger partial charge in [0.15, 0.2) is 0 Å². The van der Waals surface area contributed by atoms with E-state index in [1.54, 1.807) is 0 Å². The fourth-order valence-corrected chi connectivity index (χ4v) is 3.02. The maximum absolute atomic E-state index is 9.36. The first-order valence-corrected chi connectivity index (χ1v) is 7.03. The first-order valence-electron chi connectivity index (χ1n) is 7.03. The zero-order valence-corrected chi connectivity index (χ0v) is 10.7. The molecule has 5 heteroatoms. The summed E-state index contributed by atoms with van der Waals surface area (Å²) in [5.41, 5.74) is 0. The predicted molar refractivity (Wildman–Crippen MR) is 66.4 cm³/mol. The van der Waals surface area contributed by atoms with Gasteiger partial charge < -0.3 is 14.4 Å². The van der Waals surface area contributed by atoms with Crippen LogP contribution in [-0.2, 0) is 17.7 Å². The number of hydrogen-bond donors (Lipinski definition) is 1. The molecule has 0 aromatic carbocycles. The lowest BCUT2D eigenvalue weighted by atomic mass is 9.99. The Balaban J connectivity index is 1.74. The Bertz CT molecular complexity index is 399. The SMILES string of the molecule is OCC1CCCn2c(CC3CCCCO3)nnc21. The second kappa shape index (κ2) is 5.36. The molecular formula is C13H21N3O2. The molecular weight excluding hydrogens is 230 g/mol. The van der Waals surface area contributed by atoms with Crippen molar-refractivity contribution in [1.82, 2.24) is 14.8 Å². The largest absolute Gasteiger partial charge is 0.396 e. The van der Waals surface area contributed by atoms with E-state index in [9.17, 15) is 5.11 Å². The van der Waals surface area contributed by atoms with Gasteiger partial charge in [-0.2, -0.15) is 0 Å². The molecule has 18 heavy (non-hydrogen) atoms. The van der Waals surface area contributed by atoms with Crippen LogP contribution in [0.4, 0.5) is 0 Å². The predicted octanol–water partition coefficient (Wildman–Crippen LogP) is 1.26. The lowest BCUT2D eigenvalue weighted by Crippen LogP contribution is -2.25. The average Bonchev–Trinajstić information content (AvgIpc) is 2.83. The molecule has 1 N–H and O–H groups in total. The average molecular weight is 251 g/mol. The van der Waals surface area contributed by atoms with E-state index in [4.69, 9.17) is 4.74 Å². The van der Waals surface area contributed by atoms with Crippen LogP contribution < -0.4 is 0 Å². The number of ether oxygens (including phenoxy) is 1. The van der Waals surface area contributed by atoms with Gasteiger partial charge in [-0.25, -0.2) is 0 Å². The van der Waals surface area contributed by atoms with Gasteiger partial charge in [-0.1, -0.05) is 0 Å². The van der Waals surface area contributed by atoms with Crippen molar-refractivity contribution in [2.24, 2.45) is 0 Å². The Labute approximate surface area is 107 Å². The summed E-state index contributed by atoms with van der Waals surface area (Å²) in [5.74, 6) is 2.18. The number of hydrogen-bond acceptors (Lipinski definition) is 4. The molecule has 5 nitrogen and oxygen atoms in total. The van der Waals surface area contributed by atoms with Crippen molar-refractivity contribution in [3.8, 4) is 0 Å². The van der Waals surface area contributed by atoms with E-state index in [0.717, 1.165) is 50.5 Å². The molecule has 2 unspecified atom stereocenters. The normalized spacial score (nSPS) is 28.1. The summed E-state index contributed by atoms with van der Waals surface area (Å²) >= 11 is 0. The summed E-state index contributed by atoms with van der Waals surface area (Å²) in [6, 6.07) is 0. The van der Waals surface area contributed by atoms with E-state index in [0.29, 0.717) is 6.10 Å². The van der Waals surface area contributed by atoms with Crippen LogP contribution in [0.25, 0.3) is 0 Å². The van der Waals surface area contributed by atoms with Crippen LogP contribution in [0.15, 0.2) is 0 Å². The highest BCUT2D eigenvalue weighted by Gasteiger charge is 2.26. The molecule has 1 aromatic heterocycles. The van der Waals surface area contributed by atoms with E-state index in [1.165, 1.54) is 12.8 Å². The third kappa shape index (κ3) is 2.29. The van der Waals surface area contributed by atoms with Crippen molar-refractivity contribution in [3.63, 3.8) is 0 Å². The molecule has 1 aromatic rings. The van der Waals surface area contributed by atoms with Crippen LogP contribution in [0.2, 0.25) is 0 Å². The van der Waals surface area contributed by atoms with Crippen LogP contribution in [0.5, 0.6) is 0 Å². The Kier molecular flexibility index (Phi) is 3.61. The molecule has 2 aliphatic heterocycles. The van der Waals surface area contributed by atoms with Gasteiger partial charge in [-0.3, -0.25) is 0 Å². The first-order chi connectivity index (χ1) is 8.88. The Morgan fingerprint density at radius 3 is 2.94 bits per heavy atom. The molecule has 0 aliphatic carbocycles. The molecule has 100 valence electrons. The molecule has 0 spiro atoms. The van der Waals surface area contributed by atoms with Crippen LogP contribution in [0, 0.1) is 0 Å². The van der Waals surface area contributed by atoms with Crippen molar-refractivity contribution >= 4 is 0 Å². The Morgan fingerprint density at radius 1 is 1.22 bits per heavy atom. The smallest absolute Gasteiger partial charge is 0.138 e. The Hall–Kier alpha value is -0.940. The highest BCUT2D eigenvalue weighted by molar-refractivity contribution is 5.06. The number of nitrogens with zero attached hydrogens (tertiary/aromatic N) is 3. The first kappa shape index (κ1) is 12.1. The maximum Gasteiger partial charge on any atom is 0.138 e. The number of aromatic nitrogens is 3. The van der Waals surface area contributed by atoms with Gasteiger partial charge in [-0.05, 0) is 32.1 Å². The minimum absolute atomic E-state index is 0.173. The van der Waals surface area contributed by atoms with Crippen molar-refractivity contribution in [2.45, 2.75) is 57.1 Å². The summed E-state index contributed by atoms with van der Waals surface area (Å²) in [6.45, 7) is 2.05. The van der Waals surface area contributed by atoms with E-state index in [-0.39, 0.29) is 12.5 Å². The molecule has 1 saturated heterocycles. The summed E-state index contributed by atoms with van der Waals surface area (Å²) < 4.78 is 7.96. The number of fused-ring (bicyclic) bond motifs is 1. The molecule has 3 rings (SSSR count). The summed E-state index contributed by atoms with van der Waals surface area (Å²) in [5, 5.41) is 17.9. The molecule has 3 heterocycles. The summed E-state index contributed by atoms with van der Waals surface area (Å²) in [4.78, 5) is 0. The van der Waals surface area contributed by atoms with Crippen molar-refractivity contribution in [2.75, 3.05) is 13.2 Å². The Morgan fingerprint density at radius 2 is 2.17 bits per heavy atom. The minimum atomic E-state index is 0.173. The summed E-state index contributed by atoms with van der Waals surface area (Å²) in [6.07, 6.45) is 6.87. The number of rotatable bonds is 3. The molecule has 2 atom stereocenters. The lowest BCUT2D eigenvalue weighted by Gasteiger charge is -2.25. The zero-order chi connectivity index (χ0) is 12.4. The van der Waals surface area contributed by atoms with Gasteiger partial charge in [0.2, 0.25) is 0 Å². The van der Waals surface area contributed by atoms with E-state index >= 15 is 0 Å². The maximum atomic E-state index is 9.36. The topological polar surface area (TPSA) is 60.2 Å². The standard InChI is InChI=1S/C13H21N3O2/c17-9-10-4-3-6-16-12(14-15-13(10)16)8-11-5-1-2-7-18-11/h10-11,17H,1-9H2. The zero-order valence-electron chi connectivity index (χ0n) is 10.7. The van der Waals surface area contributed by atoms with Crippen LogP contribution in [0.3, 0.4) is 0 Å². The second-order valence-corrected chi connectivity index (χ2v) is 5.34. The monoisotopic (exact) mass is 251 g/mol. The molecule has 0 saturated carbocycles. The highest BCUT2D eigenvalue weighted by atomic mass is 16.5. The minimum Gasteiger partial charge on any atom is -0.396 e. The van der Waals surface area contributed by atoms with Gasteiger partial charge >= 0.3 is 0 Å². The van der Waals surface area contributed by atoms with Crippen LogP contribution in [-0.4, -0.2) is 39.2 Å². The molecule has 0 bridgehead atoms. The van der Waals surface area contributed by atoms with Gasteiger partial charge in [-0.15, -0.1) is 10.2 Å². The highest BCUT2D eigenvalue weighted by Crippen LogP contribution is 2.27. The van der Waals surface area contributed by atoms with Crippen LogP contribution in [0.1, 0.15) is 49.7 Å². The van der Waals surface area contributed by atoms with E-state index < -0.39 is 0 Å². The van der Waals surface area contributed by atoms with E-state index in [2.05, 4.69) is 14.8 Å². The van der Waals surface area contributed by atoms with Crippen molar-refractivity contribution < 1.29 is 9.84 Å². The number of aliphatic hydroxyl groups is 1. The third-order valence-corrected chi connectivity index (χ3v) is 4.06. The van der Waals surface area contributed by atoms with Gasteiger partial charge in [0.05, 0.1) is 12.7 Å². The second-order valence-electron chi connectivity index (χ2n) is 5.34. The van der Waals surface area contributed by atoms with Crippen molar-refractivity contribution in [1.29, 1.82) is 0 Å². The summed E-state index contributed by atoms with van der Waals surface area (Å²) in [7, 11) is 0. The van der Waals surface area contributed by atoms with Gasteiger partial charge in [0, 0.05) is 25.5 Å². The third-order valence-electron chi connectivity index (χ3n) is 4.06.